The second kappa shape index (κ2) is 4.77. The predicted molar refractivity (Wildman–Crippen MR) is 59.6 cm³/mol. The first-order valence-electron chi connectivity index (χ1n) is 5.13. The molecule has 0 fully saturated rings. The third-order valence-electron chi connectivity index (χ3n) is 2.05. The molecule has 0 amide bonds. The number of hydrogen-bond donors (Lipinski definition) is 1. The van der Waals surface area contributed by atoms with Crippen LogP contribution in [0.3, 0.4) is 0 Å². The summed E-state index contributed by atoms with van der Waals surface area (Å²) < 4.78 is 37.5. The number of nitrogens with zero attached hydrogens (tertiary/aromatic N) is 3. The molecule has 2 N–H and O–H groups in total. The summed E-state index contributed by atoms with van der Waals surface area (Å²) in [7, 11) is 1.67. The van der Waals surface area contributed by atoms with Gasteiger partial charge in [-0.2, -0.15) is 18.2 Å². The Hall–Kier alpha value is -1.53. The van der Waals surface area contributed by atoms with Gasteiger partial charge >= 0.3 is 6.18 Å². The van der Waals surface area contributed by atoms with Gasteiger partial charge in [0, 0.05) is 19.7 Å². The van der Waals surface area contributed by atoms with Crippen molar-refractivity contribution in [3.63, 3.8) is 0 Å². The Balaban J connectivity index is 3.05. The highest BCUT2D eigenvalue weighted by Crippen LogP contribution is 2.29. The van der Waals surface area contributed by atoms with E-state index < -0.39 is 11.9 Å². The van der Waals surface area contributed by atoms with E-state index in [0.717, 1.165) is 6.07 Å². The van der Waals surface area contributed by atoms with Gasteiger partial charge in [0.1, 0.15) is 5.82 Å². The van der Waals surface area contributed by atoms with Gasteiger partial charge in [-0.15, -0.1) is 0 Å². The van der Waals surface area contributed by atoms with Crippen LogP contribution in [0.2, 0.25) is 0 Å². The number of nitrogens with two attached hydrogens (primary N) is 1. The van der Waals surface area contributed by atoms with Crippen LogP contribution in [0, 0.1) is 5.92 Å². The smallest absolute Gasteiger partial charge is 0.368 e. The normalized spacial score (nSPS) is 11.9. The first-order chi connectivity index (χ1) is 7.70. The summed E-state index contributed by atoms with van der Waals surface area (Å²) in [6, 6.07) is 0.902. The topological polar surface area (TPSA) is 55.0 Å². The molecule has 0 aliphatic carbocycles. The minimum absolute atomic E-state index is 0.179. The Bertz CT molecular complexity index is 390. The van der Waals surface area contributed by atoms with Crippen molar-refractivity contribution in [3.8, 4) is 0 Å². The zero-order valence-corrected chi connectivity index (χ0v) is 9.91. The van der Waals surface area contributed by atoms with Crippen LogP contribution in [0.4, 0.5) is 24.9 Å². The van der Waals surface area contributed by atoms with Gasteiger partial charge in [-0.25, -0.2) is 4.98 Å². The third kappa shape index (κ3) is 3.76. The van der Waals surface area contributed by atoms with E-state index >= 15 is 0 Å². The lowest BCUT2D eigenvalue weighted by molar-refractivity contribution is -0.141. The molecule has 0 saturated carbocycles. The highest BCUT2D eigenvalue weighted by Gasteiger charge is 2.33. The first-order valence-corrected chi connectivity index (χ1v) is 5.13. The molecule has 1 aromatic heterocycles. The number of alkyl halides is 3. The number of aromatic nitrogens is 2. The maximum atomic E-state index is 12.5. The summed E-state index contributed by atoms with van der Waals surface area (Å²) in [5, 5.41) is 0. The largest absolute Gasteiger partial charge is 0.433 e. The molecular formula is C10H15F3N4. The van der Waals surface area contributed by atoms with Crippen molar-refractivity contribution in [1.29, 1.82) is 0 Å². The first kappa shape index (κ1) is 13.5. The van der Waals surface area contributed by atoms with Crippen LogP contribution in [0.1, 0.15) is 19.5 Å². The lowest BCUT2D eigenvalue weighted by Crippen LogP contribution is -2.25. The maximum absolute atomic E-state index is 12.5. The van der Waals surface area contributed by atoms with Gasteiger partial charge in [0.2, 0.25) is 5.95 Å². The van der Waals surface area contributed by atoms with Crippen molar-refractivity contribution in [3.05, 3.63) is 11.8 Å². The fourth-order valence-corrected chi connectivity index (χ4v) is 1.43. The van der Waals surface area contributed by atoms with Crippen LogP contribution in [-0.4, -0.2) is 23.6 Å². The molecule has 0 spiro atoms. The summed E-state index contributed by atoms with van der Waals surface area (Å²) in [4.78, 5) is 8.60. The highest BCUT2D eigenvalue weighted by molar-refractivity contribution is 5.43. The number of nitrogen functional groups attached to an aromatic ring is 1. The molecule has 17 heavy (non-hydrogen) atoms. The lowest BCUT2D eigenvalue weighted by atomic mass is 10.2. The van der Waals surface area contributed by atoms with E-state index in [0.29, 0.717) is 12.5 Å². The molecule has 0 atom stereocenters. The molecule has 0 aliphatic rings. The van der Waals surface area contributed by atoms with Crippen LogP contribution in [0.5, 0.6) is 0 Å². The van der Waals surface area contributed by atoms with Crippen LogP contribution in [0.25, 0.3) is 0 Å². The highest BCUT2D eigenvalue weighted by atomic mass is 19.4. The van der Waals surface area contributed by atoms with Crippen molar-refractivity contribution < 1.29 is 13.2 Å². The summed E-state index contributed by atoms with van der Waals surface area (Å²) in [6.07, 6.45) is -4.51. The minimum Gasteiger partial charge on any atom is -0.368 e. The fraction of sp³-hybridized carbons (Fsp3) is 0.600. The Kier molecular flexibility index (Phi) is 3.79. The summed E-state index contributed by atoms with van der Waals surface area (Å²) in [5.74, 6) is 0.120. The van der Waals surface area contributed by atoms with Crippen LogP contribution in [0.15, 0.2) is 6.07 Å². The second-order valence-corrected chi connectivity index (χ2v) is 4.24. The third-order valence-corrected chi connectivity index (χ3v) is 2.05. The fourth-order valence-electron chi connectivity index (χ4n) is 1.43. The Morgan fingerprint density at radius 1 is 1.35 bits per heavy atom. The minimum atomic E-state index is -4.51. The van der Waals surface area contributed by atoms with Gasteiger partial charge in [0.15, 0.2) is 5.69 Å². The Labute approximate surface area is 97.7 Å². The molecular weight excluding hydrogens is 233 g/mol. The average molecular weight is 248 g/mol. The van der Waals surface area contributed by atoms with Gasteiger partial charge in [-0.3, -0.25) is 0 Å². The van der Waals surface area contributed by atoms with Gasteiger partial charge in [-0.05, 0) is 5.92 Å². The molecule has 0 aliphatic heterocycles. The second-order valence-electron chi connectivity index (χ2n) is 4.24. The van der Waals surface area contributed by atoms with Crippen molar-refractivity contribution in [1.82, 2.24) is 9.97 Å². The van der Waals surface area contributed by atoms with E-state index in [4.69, 9.17) is 5.73 Å². The monoisotopic (exact) mass is 248 g/mol. The molecule has 0 radical (unpaired) electrons. The number of hydrogen-bond acceptors (Lipinski definition) is 4. The van der Waals surface area contributed by atoms with E-state index in [1.165, 1.54) is 0 Å². The number of rotatable bonds is 3. The molecule has 0 saturated heterocycles. The van der Waals surface area contributed by atoms with Gasteiger partial charge in [-0.1, -0.05) is 13.8 Å². The van der Waals surface area contributed by atoms with Crippen LogP contribution < -0.4 is 10.6 Å². The van der Waals surface area contributed by atoms with Gasteiger partial charge < -0.3 is 10.6 Å². The summed E-state index contributed by atoms with van der Waals surface area (Å²) in [5.41, 5.74) is 4.26. The maximum Gasteiger partial charge on any atom is 0.433 e. The predicted octanol–water partition coefficient (Wildman–Crippen LogP) is 2.17. The SMILES string of the molecule is CC(C)CN(C)c1cc(C(F)(F)F)nc(N)n1. The molecule has 1 heterocycles. The molecule has 1 rings (SSSR count). The average Bonchev–Trinajstić information content (AvgIpc) is 2.14. The Morgan fingerprint density at radius 2 is 1.94 bits per heavy atom. The van der Waals surface area contributed by atoms with Crippen LogP contribution in [-0.2, 0) is 6.18 Å². The van der Waals surface area contributed by atoms with Crippen molar-refractivity contribution >= 4 is 11.8 Å². The molecule has 0 aromatic carbocycles. The lowest BCUT2D eigenvalue weighted by Gasteiger charge is -2.21. The van der Waals surface area contributed by atoms with E-state index in [1.807, 2.05) is 13.8 Å². The van der Waals surface area contributed by atoms with E-state index in [2.05, 4.69) is 9.97 Å². The van der Waals surface area contributed by atoms with Crippen LogP contribution >= 0.6 is 0 Å². The van der Waals surface area contributed by atoms with E-state index in [1.54, 1.807) is 11.9 Å². The molecule has 7 heteroatoms. The zero-order chi connectivity index (χ0) is 13.2. The molecule has 96 valence electrons. The van der Waals surface area contributed by atoms with Crippen molar-refractivity contribution in [2.45, 2.75) is 20.0 Å². The number of anilines is 2. The zero-order valence-electron chi connectivity index (χ0n) is 9.91. The van der Waals surface area contributed by atoms with Crippen molar-refractivity contribution in [2.24, 2.45) is 5.92 Å². The molecule has 0 bridgehead atoms. The summed E-state index contributed by atoms with van der Waals surface area (Å²) in [6.45, 7) is 4.52. The standard InChI is InChI=1S/C10H15F3N4/c1-6(2)5-17(3)8-4-7(10(11,12)13)15-9(14)16-8/h4,6H,5H2,1-3H3,(H2,14,15,16). The molecule has 4 nitrogen and oxygen atoms in total. The van der Waals surface area contributed by atoms with Crippen molar-refractivity contribution in [2.75, 3.05) is 24.2 Å². The Morgan fingerprint density at radius 3 is 2.41 bits per heavy atom. The van der Waals surface area contributed by atoms with E-state index in [-0.39, 0.29) is 11.8 Å². The molecule has 1 aromatic rings. The van der Waals surface area contributed by atoms with Gasteiger partial charge in [0.05, 0.1) is 0 Å². The quantitative estimate of drug-likeness (QED) is 0.890. The summed E-state index contributed by atoms with van der Waals surface area (Å²) >= 11 is 0. The van der Waals surface area contributed by atoms with E-state index in [9.17, 15) is 13.2 Å². The number of halogens is 3. The molecule has 0 unspecified atom stereocenters. The van der Waals surface area contributed by atoms with Gasteiger partial charge in [0.25, 0.3) is 0 Å².